The molecule has 26 heavy (non-hydrogen) atoms. The fraction of sp³-hybridized carbons (Fsp3) is 0.389. The van der Waals surface area contributed by atoms with Crippen molar-refractivity contribution in [2.24, 2.45) is 5.73 Å². The van der Waals surface area contributed by atoms with Crippen LogP contribution in [0, 0.1) is 0 Å². The summed E-state index contributed by atoms with van der Waals surface area (Å²) in [6, 6.07) is 4.40. The zero-order valence-corrected chi connectivity index (χ0v) is 14.5. The van der Waals surface area contributed by atoms with Crippen LogP contribution in [-0.4, -0.2) is 42.2 Å². The van der Waals surface area contributed by atoms with Gasteiger partial charge >= 0.3 is 0 Å². The first-order valence-electron chi connectivity index (χ1n) is 8.27. The van der Waals surface area contributed by atoms with Crippen LogP contribution in [0.1, 0.15) is 30.1 Å². The number of benzene rings is 1. The molecule has 1 aromatic heterocycles. The van der Waals surface area contributed by atoms with Crippen LogP contribution >= 0.6 is 0 Å². The molecule has 3 rings (SSSR count). The van der Waals surface area contributed by atoms with E-state index in [0.717, 1.165) is 0 Å². The minimum absolute atomic E-state index is 0.0699. The highest BCUT2D eigenvalue weighted by atomic mass is 19.1. The van der Waals surface area contributed by atoms with E-state index in [1.807, 2.05) is 0 Å². The van der Waals surface area contributed by atoms with Gasteiger partial charge in [0.1, 0.15) is 18.1 Å². The van der Waals surface area contributed by atoms with Gasteiger partial charge in [-0.25, -0.2) is 4.39 Å². The van der Waals surface area contributed by atoms with Gasteiger partial charge < -0.3 is 20.5 Å². The minimum atomic E-state index is -1.84. The summed E-state index contributed by atoms with van der Waals surface area (Å²) in [4.78, 5) is 27.5. The molecule has 0 saturated carbocycles. The van der Waals surface area contributed by atoms with E-state index in [4.69, 9.17) is 15.2 Å². The predicted molar refractivity (Wildman–Crippen MR) is 93.0 cm³/mol. The molecule has 8 heteroatoms. The molecular formula is C18H20FN3O4. The number of nitrogens with one attached hydrogen (secondary N) is 1. The lowest BCUT2D eigenvalue weighted by molar-refractivity contribution is -0.129. The van der Waals surface area contributed by atoms with Gasteiger partial charge in [0.2, 0.25) is 0 Å². The lowest BCUT2D eigenvalue weighted by atomic mass is 9.99. The molecule has 7 nitrogen and oxygen atoms in total. The Balaban J connectivity index is 1.85. The van der Waals surface area contributed by atoms with Gasteiger partial charge in [0.25, 0.3) is 11.8 Å². The number of halogens is 1. The topological polar surface area (TPSA) is 104 Å². The van der Waals surface area contributed by atoms with Crippen molar-refractivity contribution in [3.8, 4) is 11.5 Å². The van der Waals surface area contributed by atoms with Crippen LogP contribution < -0.4 is 20.5 Å². The Morgan fingerprint density at radius 3 is 2.85 bits per heavy atom. The molecule has 0 bridgehead atoms. The van der Waals surface area contributed by atoms with Crippen molar-refractivity contribution in [1.82, 2.24) is 10.3 Å². The number of aromatic nitrogens is 1. The van der Waals surface area contributed by atoms with Crippen molar-refractivity contribution in [2.75, 3.05) is 13.7 Å². The van der Waals surface area contributed by atoms with Crippen LogP contribution in [0.25, 0.3) is 10.9 Å². The van der Waals surface area contributed by atoms with E-state index in [2.05, 4.69) is 10.3 Å². The second kappa shape index (κ2) is 6.78. The fourth-order valence-corrected chi connectivity index (χ4v) is 3.08. The third kappa shape index (κ3) is 3.14. The third-order valence-electron chi connectivity index (χ3n) is 4.60. The van der Waals surface area contributed by atoms with Crippen molar-refractivity contribution in [2.45, 2.75) is 31.5 Å². The van der Waals surface area contributed by atoms with Gasteiger partial charge in [0.15, 0.2) is 5.67 Å². The predicted octanol–water partition coefficient (Wildman–Crippen LogP) is 1.73. The number of nitrogens with zero attached hydrogens (tertiary/aromatic N) is 1. The number of carbonyl (C=O) groups is 2. The first-order chi connectivity index (χ1) is 12.4. The molecular weight excluding hydrogens is 341 g/mol. The molecule has 1 aliphatic rings. The van der Waals surface area contributed by atoms with Crippen molar-refractivity contribution in [1.29, 1.82) is 0 Å². The number of hydrogen-bond donors (Lipinski definition) is 2. The molecule has 3 N–H and O–H groups in total. The van der Waals surface area contributed by atoms with Gasteiger partial charge in [0.05, 0.1) is 24.2 Å². The van der Waals surface area contributed by atoms with Gasteiger partial charge in [-0.3, -0.25) is 14.6 Å². The Bertz CT molecular complexity index is 873. The summed E-state index contributed by atoms with van der Waals surface area (Å²) in [6.07, 6.45) is 1.73. The maximum absolute atomic E-state index is 14.3. The van der Waals surface area contributed by atoms with Crippen LogP contribution in [0.4, 0.5) is 4.39 Å². The number of alkyl halides is 1. The number of amides is 2. The van der Waals surface area contributed by atoms with Crippen LogP contribution in [0.15, 0.2) is 24.4 Å². The van der Waals surface area contributed by atoms with Crippen LogP contribution in [-0.2, 0) is 4.79 Å². The van der Waals surface area contributed by atoms with Crippen LogP contribution in [0.5, 0.6) is 11.5 Å². The number of fused-ring (bicyclic) bond motifs is 1. The summed E-state index contributed by atoms with van der Waals surface area (Å²) in [6.45, 7) is 1.76. The van der Waals surface area contributed by atoms with Gasteiger partial charge in [-0.2, -0.15) is 0 Å². The van der Waals surface area contributed by atoms with E-state index in [-0.39, 0.29) is 25.0 Å². The SMILES string of the molecule is CC[C@]1(F)C[C@@H](COc2ccnc3cc(C(N)=O)c(OC)cc23)NC1=O. The summed E-state index contributed by atoms with van der Waals surface area (Å²) in [5.41, 5.74) is 4.25. The molecule has 1 aliphatic heterocycles. The largest absolute Gasteiger partial charge is 0.496 e. The van der Waals surface area contributed by atoms with Crippen molar-refractivity contribution in [3.63, 3.8) is 0 Å². The van der Waals surface area contributed by atoms with E-state index in [0.29, 0.717) is 22.4 Å². The molecule has 1 fully saturated rings. The lowest BCUT2D eigenvalue weighted by Gasteiger charge is -2.15. The summed E-state index contributed by atoms with van der Waals surface area (Å²) in [7, 11) is 1.43. The van der Waals surface area contributed by atoms with Crippen LogP contribution in [0.3, 0.4) is 0 Å². The minimum Gasteiger partial charge on any atom is -0.496 e. The molecule has 0 spiro atoms. The highest BCUT2D eigenvalue weighted by molar-refractivity contribution is 6.01. The average molecular weight is 361 g/mol. The molecule has 2 aromatic rings. The monoisotopic (exact) mass is 361 g/mol. The molecule has 2 atom stereocenters. The molecule has 1 saturated heterocycles. The number of hydrogen-bond acceptors (Lipinski definition) is 5. The van der Waals surface area contributed by atoms with E-state index < -0.39 is 23.5 Å². The van der Waals surface area contributed by atoms with Gasteiger partial charge in [-0.1, -0.05) is 6.92 Å². The average Bonchev–Trinajstić information content (AvgIpc) is 2.93. The number of rotatable bonds is 6. The third-order valence-corrected chi connectivity index (χ3v) is 4.60. The van der Waals surface area contributed by atoms with Crippen molar-refractivity contribution >= 4 is 22.7 Å². The highest BCUT2D eigenvalue weighted by Crippen LogP contribution is 2.32. The number of pyridine rings is 1. The number of carbonyl (C=O) groups excluding carboxylic acids is 2. The second-order valence-electron chi connectivity index (χ2n) is 6.25. The Morgan fingerprint density at radius 2 is 2.23 bits per heavy atom. The summed E-state index contributed by atoms with van der Waals surface area (Å²) in [5.74, 6) is -0.414. The zero-order valence-electron chi connectivity index (χ0n) is 14.5. The number of methoxy groups -OCH3 is 1. The number of ether oxygens (including phenoxy) is 2. The molecule has 1 aromatic carbocycles. The zero-order chi connectivity index (χ0) is 18.9. The standard InChI is InChI=1S/C18H20FN3O4/c1-3-18(19)8-10(22-17(18)24)9-26-14-4-5-21-13-6-12(16(20)23)15(25-2)7-11(13)14/h4-7,10H,3,8-9H2,1-2H3,(H2,20,23)(H,22,24)/t10-,18-/m0/s1. The van der Waals surface area contributed by atoms with E-state index in [9.17, 15) is 14.0 Å². The number of nitrogens with two attached hydrogens (primary N) is 1. The molecule has 2 amide bonds. The second-order valence-corrected chi connectivity index (χ2v) is 6.25. The first-order valence-corrected chi connectivity index (χ1v) is 8.27. The van der Waals surface area contributed by atoms with Gasteiger partial charge in [-0.05, 0) is 24.6 Å². The molecule has 0 aliphatic carbocycles. The molecule has 2 heterocycles. The fourth-order valence-electron chi connectivity index (χ4n) is 3.08. The normalized spacial score (nSPS) is 22.3. The Kier molecular flexibility index (Phi) is 4.67. The lowest BCUT2D eigenvalue weighted by Crippen LogP contribution is -2.34. The smallest absolute Gasteiger partial charge is 0.258 e. The summed E-state index contributed by atoms with van der Waals surface area (Å²) >= 11 is 0. The van der Waals surface area contributed by atoms with Gasteiger partial charge in [-0.15, -0.1) is 0 Å². The first kappa shape index (κ1) is 17.9. The molecule has 0 unspecified atom stereocenters. The quantitative estimate of drug-likeness (QED) is 0.815. The maximum atomic E-state index is 14.3. The molecule has 138 valence electrons. The van der Waals surface area contributed by atoms with Crippen molar-refractivity contribution in [3.05, 3.63) is 30.0 Å². The van der Waals surface area contributed by atoms with Crippen LogP contribution in [0.2, 0.25) is 0 Å². The Labute approximate surface area is 149 Å². The van der Waals surface area contributed by atoms with Crippen molar-refractivity contribution < 1.29 is 23.5 Å². The number of primary amides is 1. The van der Waals surface area contributed by atoms with Gasteiger partial charge in [0, 0.05) is 18.0 Å². The maximum Gasteiger partial charge on any atom is 0.258 e. The summed E-state index contributed by atoms with van der Waals surface area (Å²) < 4.78 is 25.4. The Hall–Kier alpha value is -2.90. The molecule has 0 radical (unpaired) electrons. The highest BCUT2D eigenvalue weighted by Gasteiger charge is 2.46. The Morgan fingerprint density at radius 1 is 1.46 bits per heavy atom. The summed E-state index contributed by atoms with van der Waals surface area (Å²) in [5, 5.41) is 3.25. The van der Waals surface area contributed by atoms with E-state index in [1.54, 1.807) is 19.1 Å². The van der Waals surface area contributed by atoms with E-state index >= 15 is 0 Å². The van der Waals surface area contributed by atoms with E-state index in [1.165, 1.54) is 19.4 Å².